The van der Waals surface area contributed by atoms with E-state index in [9.17, 15) is 9.59 Å². The summed E-state index contributed by atoms with van der Waals surface area (Å²) < 4.78 is 0. The average Bonchev–Trinajstić information content (AvgIpc) is 2.52. The number of imide groups is 1. The van der Waals surface area contributed by atoms with E-state index in [0.29, 0.717) is 6.54 Å². The highest BCUT2D eigenvalue weighted by Gasteiger charge is 2.68. The molecule has 1 saturated heterocycles. The van der Waals surface area contributed by atoms with Crippen LogP contribution in [0.5, 0.6) is 0 Å². The van der Waals surface area contributed by atoms with Gasteiger partial charge in [0, 0.05) is 12.6 Å². The van der Waals surface area contributed by atoms with Crippen molar-refractivity contribution in [3.8, 4) is 0 Å². The predicted octanol–water partition coefficient (Wildman–Crippen LogP) is 1.61. The molecule has 4 heteroatoms. The van der Waals surface area contributed by atoms with Crippen molar-refractivity contribution >= 4 is 11.9 Å². The monoisotopic (exact) mass is 224 g/mol. The molecule has 2 aliphatic rings. The Bertz CT molecular complexity index is 346. The maximum atomic E-state index is 11.8. The maximum absolute atomic E-state index is 11.8. The van der Waals surface area contributed by atoms with Crippen LogP contribution in [0.1, 0.15) is 34.6 Å². The number of hydrogen-bond donors (Lipinski definition) is 1. The average molecular weight is 224 g/mol. The number of nitrogens with zero attached hydrogens (tertiary/aromatic N) is 1. The zero-order valence-corrected chi connectivity index (χ0v) is 10.6. The lowest BCUT2D eigenvalue weighted by Gasteiger charge is -2.32. The zero-order valence-electron chi connectivity index (χ0n) is 10.6. The van der Waals surface area contributed by atoms with E-state index < -0.39 is 0 Å². The van der Waals surface area contributed by atoms with Gasteiger partial charge in [-0.2, -0.15) is 0 Å². The van der Waals surface area contributed by atoms with Crippen LogP contribution in [0, 0.1) is 16.7 Å². The molecule has 0 bridgehead atoms. The SMILES string of the molecule is CC1CN(C2C(C)(C)C2(C)C)C(=O)NC1=O. The van der Waals surface area contributed by atoms with Crippen LogP contribution < -0.4 is 5.32 Å². The molecule has 0 aromatic heterocycles. The highest BCUT2D eigenvalue weighted by atomic mass is 16.2. The van der Waals surface area contributed by atoms with Crippen LogP contribution in [0.25, 0.3) is 0 Å². The summed E-state index contributed by atoms with van der Waals surface area (Å²) in [6, 6.07) is 0.00213. The Morgan fingerprint density at radius 1 is 1.19 bits per heavy atom. The van der Waals surface area contributed by atoms with Gasteiger partial charge in [0.1, 0.15) is 0 Å². The van der Waals surface area contributed by atoms with Gasteiger partial charge in [-0.1, -0.05) is 34.6 Å². The lowest BCUT2D eigenvalue weighted by molar-refractivity contribution is -0.125. The molecule has 0 aromatic carbocycles. The lowest BCUT2D eigenvalue weighted by atomic mass is 10.0. The second kappa shape index (κ2) is 2.99. The van der Waals surface area contributed by atoms with Crippen LogP contribution >= 0.6 is 0 Å². The van der Waals surface area contributed by atoms with E-state index >= 15 is 0 Å². The molecule has 0 radical (unpaired) electrons. The van der Waals surface area contributed by atoms with Gasteiger partial charge in [-0.25, -0.2) is 4.79 Å². The minimum atomic E-state index is -0.230. The molecule has 3 amide bonds. The second-order valence-electron chi connectivity index (χ2n) is 6.19. The van der Waals surface area contributed by atoms with Crippen LogP contribution in [-0.4, -0.2) is 29.4 Å². The number of hydrogen-bond acceptors (Lipinski definition) is 2. The van der Waals surface area contributed by atoms with Gasteiger partial charge in [0.2, 0.25) is 5.91 Å². The van der Waals surface area contributed by atoms with E-state index in [-0.39, 0.29) is 34.7 Å². The number of urea groups is 1. The minimum absolute atomic E-state index is 0.107. The smallest absolute Gasteiger partial charge is 0.320 e. The van der Waals surface area contributed by atoms with Crippen molar-refractivity contribution in [2.24, 2.45) is 16.7 Å². The topological polar surface area (TPSA) is 49.4 Å². The summed E-state index contributed by atoms with van der Waals surface area (Å²) in [4.78, 5) is 25.0. The van der Waals surface area contributed by atoms with Crippen molar-refractivity contribution in [1.29, 1.82) is 0 Å². The normalized spacial score (nSPS) is 32.6. The van der Waals surface area contributed by atoms with Crippen LogP contribution in [-0.2, 0) is 4.79 Å². The Labute approximate surface area is 96.4 Å². The van der Waals surface area contributed by atoms with Crippen LogP contribution in [0.15, 0.2) is 0 Å². The standard InChI is InChI=1S/C12H20N2O2/c1-7-6-14(10(16)13-8(7)15)9-11(2,3)12(9,4)5/h7,9H,6H2,1-5H3,(H,13,15,16). The van der Waals surface area contributed by atoms with Gasteiger partial charge in [-0.05, 0) is 10.8 Å². The molecule has 0 aromatic rings. The summed E-state index contributed by atoms with van der Waals surface area (Å²) in [5.74, 6) is -0.262. The second-order valence-corrected chi connectivity index (χ2v) is 6.19. The van der Waals surface area contributed by atoms with Gasteiger partial charge >= 0.3 is 6.03 Å². The number of amides is 3. The van der Waals surface area contributed by atoms with E-state index in [1.165, 1.54) is 0 Å². The first-order valence-electron chi connectivity index (χ1n) is 5.81. The van der Waals surface area contributed by atoms with E-state index in [0.717, 1.165) is 0 Å². The van der Waals surface area contributed by atoms with Gasteiger partial charge in [-0.15, -0.1) is 0 Å². The lowest BCUT2D eigenvalue weighted by Crippen LogP contribution is -2.55. The van der Waals surface area contributed by atoms with Crippen LogP contribution in [0.2, 0.25) is 0 Å². The first-order chi connectivity index (χ1) is 7.19. The molecule has 1 atom stereocenters. The van der Waals surface area contributed by atoms with Gasteiger partial charge in [-0.3, -0.25) is 10.1 Å². The third-order valence-corrected chi connectivity index (χ3v) is 4.67. The summed E-state index contributed by atoms with van der Waals surface area (Å²) in [6.45, 7) is 11.1. The van der Waals surface area contributed by atoms with E-state index in [2.05, 4.69) is 33.0 Å². The minimum Gasteiger partial charge on any atom is -0.320 e. The summed E-state index contributed by atoms with van der Waals surface area (Å²) in [7, 11) is 0. The van der Waals surface area contributed by atoms with Gasteiger partial charge in [0.25, 0.3) is 0 Å². The molecular weight excluding hydrogens is 204 g/mol. The first kappa shape index (κ1) is 11.4. The van der Waals surface area contributed by atoms with Gasteiger partial charge < -0.3 is 4.90 Å². The molecule has 1 aliphatic carbocycles. The molecule has 2 fully saturated rings. The van der Waals surface area contributed by atoms with Crippen LogP contribution in [0.4, 0.5) is 4.79 Å². The molecule has 90 valence electrons. The number of nitrogens with one attached hydrogen (secondary N) is 1. The van der Waals surface area contributed by atoms with Crippen LogP contribution in [0.3, 0.4) is 0 Å². The summed E-state index contributed by atoms with van der Waals surface area (Å²) in [6.07, 6.45) is 0. The van der Waals surface area contributed by atoms with Crippen molar-refractivity contribution in [2.75, 3.05) is 6.54 Å². The molecule has 1 saturated carbocycles. The Morgan fingerprint density at radius 3 is 2.12 bits per heavy atom. The van der Waals surface area contributed by atoms with Crippen molar-refractivity contribution in [3.63, 3.8) is 0 Å². The fourth-order valence-electron chi connectivity index (χ4n) is 2.92. The Morgan fingerprint density at radius 2 is 1.69 bits per heavy atom. The van der Waals surface area contributed by atoms with Crippen molar-refractivity contribution in [2.45, 2.75) is 40.7 Å². The summed E-state index contributed by atoms with van der Waals surface area (Å²) in [5.41, 5.74) is 0.259. The fourth-order valence-corrected chi connectivity index (χ4v) is 2.92. The van der Waals surface area contributed by atoms with Crippen molar-refractivity contribution in [1.82, 2.24) is 10.2 Å². The highest BCUT2D eigenvalue weighted by molar-refractivity contribution is 5.98. The first-order valence-corrected chi connectivity index (χ1v) is 5.81. The van der Waals surface area contributed by atoms with E-state index in [4.69, 9.17) is 0 Å². The highest BCUT2D eigenvalue weighted by Crippen LogP contribution is 2.65. The maximum Gasteiger partial charge on any atom is 0.324 e. The third kappa shape index (κ3) is 1.28. The van der Waals surface area contributed by atoms with E-state index in [1.54, 1.807) is 0 Å². The van der Waals surface area contributed by atoms with Crippen molar-refractivity contribution < 1.29 is 9.59 Å². The molecule has 2 rings (SSSR count). The summed E-state index contributed by atoms with van der Waals surface area (Å²) in [5, 5.41) is 2.42. The Hall–Kier alpha value is -1.06. The Kier molecular flexibility index (Phi) is 2.14. The largest absolute Gasteiger partial charge is 0.324 e. The molecule has 1 N–H and O–H groups in total. The number of rotatable bonds is 1. The quantitative estimate of drug-likeness (QED) is 0.735. The molecular formula is C12H20N2O2. The molecule has 0 spiro atoms. The number of carbonyl (C=O) groups excluding carboxylic acids is 2. The molecule has 1 aliphatic heterocycles. The fraction of sp³-hybridized carbons (Fsp3) is 0.833. The van der Waals surface area contributed by atoms with Gasteiger partial charge in [0.15, 0.2) is 0 Å². The van der Waals surface area contributed by atoms with E-state index in [1.807, 2.05) is 11.8 Å². The molecule has 1 heterocycles. The molecule has 1 unspecified atom stereocenters. The van der Waals surface area contributed by atoms with Crippen molar-refractivity contribution in [3.05, 3.63) is 0 Å². The molecule has 16 heavy (non-hydrogen) atoms. The zero-order chi connectivity index (χ0) is 12.3. The number of carbonyl (C=O) groups is 2. The summed E-state index contributed by atoms with van der Waals surface area (Å²) >= 11 is 0. The van der Waals surface area contributed by atoms with Gasteiger partial charge in [0.05, 0.1) is 5.92 Å². The third-order valence-electron chi connectivity index (χ3n) is 4.67. The molecule has 4 nitrogen and oxygen atoms in total. The predicted molar refractivity (Wildman–Crippen MR) is 60.8 cm³/mol. The Balaban J connectivity index is 2.18.